The van der Waals surface area contributed by atoms with Gasteiger partial charge in [0.15, 0.2) is 11.5 Å². The number of amides is 2. The number of carbonyl (C=O) groups excluding carboxylic acids is 2. The third-order valence-corrected chi connectivity index (χ3v) is 6.46. The van der Waals surface area contributed by atoms with Crippen LogP contribution in [0.5, 0.6) is 11.5 Å². The predicted octanol–water partition coefficient (Wildman–Crippen LogP) is 3.03. The van der Waals surface area contributed by atoms with Gasteiger partial charge in [-0.3, -0.25) is 9.59 Å². The normalized spacial score (nSPS) is 19.4. The zero-order valence-electron chi connectivity index (χ0n) is 17.2. The Labute approximate surface area is 173 Å². The standard InChI is InChI=1S/C23H32N2O4/c26-22(9-6-18-3-1-2-4-18)24-11-13-25(14-12-24)23(27)10-7-19-5-8-20-21(17-19)29-16-15-28-20/h5,8,17-18H,1-4,6-7,9-16H2. The summed E-state index contributed by atoms with van der Waals surface area (Å²) in [5.41, 5.74) is 1.09. The molecule has 1 saturated carbocycles. The van der Waals surface area contributed by atoms with E-state index < -0.39 is 0 Å². The second kappa shape index (κ2) is 9.51. The van der Waals surface area contributed by atoms with Crippen molar-refractivity contribution in [2.45, 2.75) is 51.4 Å². The Kier molecular flexibility index (Phi) is 6.57. The molecule has 29 heavy (non-hydrogen) atoms. The number of rotatable bonds is 6. The van der Waals surface area contributed by atoms with E-state index in [2.05, 4.69) is 0 Å². The molecule has 1 aromatic rings. The first-order valence-electron chi connectivity index (χ1n) is 11.1. The summed E-state index contributed by atoms with van der Waals surface area (Å²) in [7, 11) is 0. The molecular formula is C23H32N2O4. The third kappa shape index (κ3) is 5.22. The van der Waals surface area contributed by atoms with E-state index in [0.29, 0.717) is 58.7 Å². The van der Waals surface area contributed by atoms with E-state index in [1.54, 1.807) is 0 Å². The minimum absolute atomic E-state index is 0.165. The first-order chi connectivity index (χ1) is 14.2. The molecule has 6 nitrogen and oxygen atoms in total. The number of fused-ring (bicyclic) bond motifs is 1. The van der Waals surface area contributed by atoms with Crippen molar-refractivity contribution < 1.29 is 19.1 Å². The SMILES string of the molecule is O=C(CCc1ccc2c(c1)OCCO2)N1CCN(C(=O)CCC2CCCC2)CC1. The van der Waals surface area contributed by atoms with Crippen LogP contribution in [0.3, 0.4) is 0 Å². The van der Waals surface area contributed by atoms with Crippen LogP contribution in [0.15, 0.2) is 18.2 Å². The van der Waals surface area contributed by atoms with Crippen LogP contribution in [-0.2, 0) is 16.0 Å². The molecule has 158 valence electrons. The van der Waals surface area contributed by atoms with Crippen molar-refractivity contribution in [3.63, 3.8) is 0 Å². The zero-order chi connectivity index (χ0) is 20.1. The average Bonchev–Trinajstić information content (AvgIpc) is 3.29. The summed E-state index contributed by atoms with van der Waals surface area (Å²) < 4.78 is 11.2. The van der Waals surface area contributed by atoms with Crippen LogP contribution < -0.4 is 9.47 Å². The molecule has 2 amide bonds. The van der Waals surface area contributed by atoms with Gasteiger partial charge in [0.1, 0.15) is 13.2 Å². The van der Waals surface area contributed by atoms with Gasteiger partial charge in [-0.15, -0.1) is 0 Å². The maximum atomic E-state index is 12.6. The van der Waals surface area contributed by atoms with Gasteiger partial charge < -0.3 is 19.3 Å². The van der Waals surface area contributed by atoms with Gasteiger partial charge in [0.05, 0.1) is 0 Å². The molecule has 4 rings (SSSR count). The minimum Gasteiger partial charge on any atom is -0.486 e. The fourth-order valence-electron chi connectivity index (χ4n) is 4.64. The molecule has 1 aromatic carbocycles. The predicted molar refractivity (Wildman–Crippen MR) is 110 cm³/mol. The van der Waals surface area contributed by atoms with Crippen molar-refractivity contribution in [2.24, 2.45) is 5.92 Å². The van der Waals surface area contributed by atoms with Crippen LogP contribution in [0.1, 0.15) is 50.5 Å². The minimum atomic E-state index is 0.165. The van der Waals surface area contributed by atoms with Crippen LogP contribution in [0.4, 0.5) is 0 Å². The highest BCUT2D eigenvalue weighted by Gasteiger charge is 2.25. The highest BCUT2D eigenvalue weighted by Crippen LogP contribution is 2.31. The molecule has 2 aliphatic heterocycles. The molecule has 0 N–H and O–H groups in total. The molecule has 6 heteroatoms. The molecule has 0 bridgehead atoms. The summed E-state index contributed by atoms with van der Waals surface area (Å²) in [6, 6.07) is 5.90. The van der Waals surface area contributed by atoms with Crippen molar-refractivity contribution >= 4 is 11.8 Å². The third-order valence-electron chi connectivity index (χ3n) is 6.46. The van der Waals surface area contributed by atoms with Crippen LogP contribution >= 0.6 is 0 Å². The van der Waals surface area contributed by atoms with Crippen molar-refractivity contribution in [1.29, 1.82) is 0 Å². The molecule has 0 atom stereocenters. The number of benzene rings is 1. The van der Waals surface area contributed by atoms with Crippen molar-refractivity contribution in [2.75, 3.05) is 39.4 Å². The number of carbonyl (C=O) groups is 2. The monoisotopic (exact) mass is 400 g/mol. The van der Waals surface area contributed by atoms with E-state index in [4.69, 9.17) is 9.47 Å². The lowest BCUT2D eigenvalue weighted by atomic mass is 10.0. The van der Waals surface area contributed by atoms with Crippen molar-refractivity contribution in [3.05, 3.63) is 23.8 Å². The van der Waals surface area contributed by atoms with Gasteiger partial charge in [-0.25, -0.2) is 0 Å². The van der Waals surface area contributed by atoms with Crippen LogP contribution in [0, 0.1) is 5.92 Å². The summed E-state index contributed by atoms with van der Waals surface area (Å²) in [6.07, 6.45) is 8.11. The van der Waals surface area contributed by atoms with Gasteiger partial charge in [0.25, 0.3) is 0 Å². The van der Waals surface area contributed by atoms with Crippen LogP contribution in [0.25, 0.3) is 0 Å². The molecule has 0 unspecified atom stereocenters. The van der Waals surface area contributed by atoms with E-state index in [9.17, 15) is 9.59 Å². The molecule has 0 aromatic heterocycles. The number of piperazine rings is 1. The number of hydrogen-bond acceptors (Lipinski definition) is 4. The van der Waals surface area contributed by atoms with Gasteiger partial charge in [-0.1, -0.05) is 31.7 Å². The van der Waals surface area contributed by atoms with E-state index in [-0.39, 0.29) is 11.8 Å². The molecule has 3 aliphatic rings. The lowest BCUT2D eigenvalue weighted by Crippen LogP contribution is -2.50. The van der Waals surface area contributed by atoms with E-state index >= 15 is 0 Å². The second-order valence-electron chi connectivity index (χ2n) is 8.43. The van der Waals surface area contributed by atoms with Gasteiger partial charge >= 0.3 is 0 Å². The fraction of sp³-hybridized carbons (Fsp3) is 0.652. The number of ether oxygens (including phenoxy) is 2. The Morgan fingerprint density at radius 2 is 1.48 bits per heavy atom. The maximum Gasteiger partial charge on any atom is 0.223 e. The zero-order valence-corrected chi connectivity index (χ0v) is 17.2. The molecule has 1 saturated heterocycles. The number of nitrogens with zero attached hydrogens (tertiary/aromatic N) is 2. The van der Waals surface area contributed by atoms with Crippen molar-refractivity contribution in [1.82, 2.24) is 9.80 Å². The van der Waals surface area contributed by atoms with Gasteiger partial charge in [0, 0.05) is 39.0 Å². The summed E-state index contributed by atoms with van der Waals surface area (Å²) in [4.78, 5) is 28.9. The Bertz CT molecular complexity index is 722. The summed E-state index contributed by atoms with van der Waals surface area (Å²) in [5, 5.41) is 0. The largest absolute Gasteiger partial charge is 0.486 e. The number of hydrogen-bond donors (Lipinski definition) is 0. The van der Waals surface area contributed by atoms with E-state index in [1.165, 1.54) is 25.7 Å². The molecule has 1 aliphatic carbocycles. The molecule has 0 spiro atoms. The Morgan fingerprint density at radius 1 is 0.862 bits per heavy atom. The molecule has 0 radical (unpaired) electrons. The molecule has 2 heterocycles. The summed E-state index contributed by atoms with van der Waals surface area (Å²) >= 11 is 0. The lowest BCUT2D eigenvalue weighted by molar-refractivity contribution is -0.139. The summed E-state index contributed by atoms with van der Waals surface area (Å²) in [5.74, 6) is 2.73. The second-order valence-corrected chi connectivity index (χ2v) is 8.43. The van der Waals surface area contributed by atoms with Gasteiger partial charge in [-0.2, -0.15) is 0 Å². The summed E-state index contributed by atoms with van der Waals surface area (Å²) in [6.45, 7) is 3.78. The fourth-order valence-corrected chi connectivity index (χ4v) is 4.64. The van der Waals surface area contributed by atoms with E-state index in [1.807, 2.05) is 28.0 Å². The Balaban J connectivity index is 1.18. The maximum absolute atomic E-state index is 12.6. The quantitative estimate of drug-likeness (QED) is 0.737. The van der Waals surface area contributed by atoms with Crippen molar-refractivity contribution in [3.8, 4) is 11.5 Å². The molecular weight excluding hydrogens is 368 g/mol. The van der Waals surface area contributed by atoms with Crippen LogP contribution in [0.2, 0.25) is 0 Å². The first-order valence-corrected chi connectivity index (χ1v) is 11.1. The topological polar surface area (TPSA) is 59.1 Å². The van der Waals surface area contributed by atoms with Gasteiger partial charge in [0.2, 0.25) is 11.8 Å². The highest BCUT2D eigenvalue weighted by atomic mass is 16.6. The molecule has 2 fully saturated rings. The highest BCUT2D eigenvalue weighted by molar-refractivity contribution is 5.78. The van der Waals surface area contributed by atoms with Crippen LogP contribution in [-0.4, -0.2) is 61.0 Å². The lowest BCUT2D eigenvalue weighted by Gasteiger charge is -2.35. The number of aryl methyl sites for hydroxylation is 1. The smallest absolute Gasteiger partial charge is 0.223 e. The van der Waals surface area contributed by atoms with E-state index in [0.717, 1.165) is 29.4 Å². The first kappa shape index (κ1) is 20.0. The Morgan fingerprint density at radius 3 is 2.17 bits per heavy atom. The average molecular weight is 401 g/mol. The Hall–Kier alpha value is -2.24. The van der Waals surface area contributed by atoms with Gasteiger partial charge in [-0.05, 0) is 36.5 Å².